The predicted octanol–water partition coefficient (Wildman–Crippen LogP) is 2.75. The number of hydrogen-bond donors (Lipinski definition) is 0. The lowest BCUT2D eigenvalue weighted by Gasteiger charge is -2.19. The van der Waals surface area contributed by atoms with Crippen LogP contribution in [0.3, 0.4) is 0 Å². The summed E-state index contributed by atoms with van der Waals surface area (Å²) in [6.07, 6.45) is 2.78. The van der Waals surface area contributed by atoms with Crippen molar-refractivity contribution in [1.82, 2.24) is 4.90 Å². The minimum absolute atomic E-state index is 0.806. The highest BCUT2D eigenvalue weighted by Crippen LogP contribution is 2.20. The maximum atomic E-state index is 3.53. The van der Waals surface area contributed by atoms with Crippen LogP contribution in [-0.2, 0) is 0 Å². The summed E-state index contributed by atoms with van der Waals surface area (Å²) in [5.74, 6) is 1.79. The maximum absolute atomic E-state index is 3.53. The quantitative estimate of drug-likeness (QED) is 0.676. The smallest absolute Gasteiger partial charge is 0.00692 e. The van der Waals surface area contributed by atoms with Crippen LogP contribution in [0.25, 0.3) is 0 Å². The number of likely N-dealkylation sites (tertiary alicyclic amines) is 1. The molecule has 1 rings (SSSR count). The second-order valence-electron chi connectivity index (χ2n) is 4.08. The van der Waals surface area contributed by atoms with Crippen molar-refractivity contribution < 1.29 is 0 Å². The third kappa shape index (κ3) is 3.06. The molecule has 1 aliphatic rings. The van der Waals surface area contributed by atoms with E-state index in [2.05, 4.69) is 34.7 Å². The fourth-order valence-electron chi connectivity index (χ4n) is 1.90. The van der Waals surface area contributed by atoms with Gasteiger partial charge in [0.25, 0.3) is 0 Å². The largest absolute Gasteiger partial charge is 0.303 e. The molecule has 0 aromatic rings. The van der Waals surface area contributed by atoms with Crippen LogP contribution in [0.2, 0.25) is 0 Å². The molecule has 1 fully saturated rings. The molecular formula is C10H20BrN. The normalized spacial score (nSPS) is 27.8. The van der Waals surface area contributed by atoms with Crippen molar-refractivity contribution in [3.63, 3.8) is 0 Å². The van der Waals surface area contributed by atoms with Crippen LogP contribution in [-0.4, -0.2) is 29.9 Å². The molecule has 2 unspecified atom stereocenters. The molecule has 12 heavy (non-hydrogen) atoms. The Morgan fingerprint density at radius 1 is 1.58 bits per heavy atom. The summed E-state index contributed by atoms with van der Waals surface area (Å²) in [6, 6.07) is 0. The van der Waals surface area contributed by atoms with Gasteiger partial charge in [0.15, 0.2) is 0 Å². The third-order valence-electron chi connectivity index (χ3n) is 2.78. The van der Waals surface area contributed by atoms with Crippen LogP contribution < -0.4 is 0 Å². The SMILES string of the molecule is CCC1CCN(CC(C)CBr)C1. The molecule has 0 aromatic heterocycles. The molecule has 0 bridgehead atoms. The molecule has 0 aromatic carbocycles. The standard InChI is InChI=1S/C10H20BrN/c1-3-10-4-5-12(8-10)7-9(2)6-11/h9-10H,3-8H2,1-2H3. The van der Waals surface area contributed by atoms with Gasteiger partial charge in [-0.25, -0.2) is 0 Å². The van der Waals surface area contributed by atoms with Gasteiger partial charge in [0.1, 0.15) is 0 Å². The van der Waals surface area contributed by atoms with Gasteiger partial charge >= 0.3 is 0 Å². The van der Waals surface area contributed by atoms with Crippen molar-refractivity contribution in [1.29, 1.82) is 0 Å². The lowest BCUT2D eigenvalue weighted by Crippen LogP contribution is -2.26. The zero-order chi connectivity index (χ0) is 8.97. The van der Waals surface area contributed by atoms with Crippen molar-refractivity contribution in [2.75, 3.05) is 25.0 Å². The van der Waals surface area contributed by atoms with Crippen LogP contribution in [0, 0.1) is 11.8 Å². The Morgan fingerprint density at radius 3 is 2.83 bits per heavy atom. The Kier molecular flexibility index (Phi) is 4.59. The van der Waals surface area contributed by atoms with Crippen molar-refractivity contribution in [2.24, 2.45) is 11.8 Å². The van der Waals surface area contributed by atoms with Gasteiger partial charge in [0.05, 0.1) is 0 Å². The number of nitrogens with zero attached hydrogens (tertiary/aromatic N) is 1. The molecule has 1 heterocycles. The summed E-state index contributed by atoms with van der Waals surface area (Å²) in [6.45, 7) is 8.57. The van der Waals surface area contributed by atoms with Crippen LogP contribution in [0.5, 0.6) is 0 Å². The summed E-state index contributed by atoms with van der Waals surface area (Å²) in [4.78, 5) is 2.61. The molecule has 2 heteroatoms. The molecule has 0 aliphatic carbocycles. The number of alkyl halides is 1. The van der Waals surface area contributed by atoms with E-state index in [-0.39, 0.29) is 0 Å². The van der Waals surface area contributed by atoms with E-state index >= 15 is 0 Å². The van der Waals surface area contributed by atoms with E-state index in [1.54, 1.807) is 0 Å². The van der Waals surface area contributed by atoms with Crippen LogP contribution in [0.1, 0.15) is 26.7 Å². The second-order valence-corrected chi connectivity index (χ2v) is 4.73. The average molecular weight is 234 g/mol. The topological polar surface area (TPSA) is 3.24 Å². The molecule has 0 spiro atoms. The molecule has 0 saturated carbocycles. The van der Waals surface area contributed by atoms with Gasteiger partial charge in [-0.1, -0.05) is 36.2 Å². The van der Waals surface area contributed by atoms with E-state index in [4.69, 9.17) is 0 Å². The van der Waals surface area contributed by atoms with Gasteiger partial charge in [-0.15, -0.1) is 0 Å². The average Bonchev–Trinajstić information content (AvgIpc) is 2.52. The summed E-state index contributed by atoms with van der Waals surface area (Å²) < 4.78 is 0. The van der Waals surface area contributed by atoms with E-state index in [0.29, 0.717) is 0 Å². The van der Waals surface area contributed by atoms with Crippen LogP contribution in [0.15, 0.2) is 0 Å². The Balaban J connectivity index is 2.18. The van der Waals surface area contributed by atoms with E-state index < -0.39 is 0 Å². The van der Waals surface area contributed by atoms with Crippen molar-refractivity contribution in [3.05, 3.63) is 0 Å². The van der Waals surface area contributed by atoms with Gasteiger partial charge in [-0.2, -0.15) is 0 Å². The Morgan fingerprint density at radius 2 is 2.33 bits per heavy atom. The fraction of sp³-hybridized carbons (Fsp3) is 1.00. The van der Waals surface area contributed by atoms with E-state index in [1.165, 1.54) is 32.5 Å². The van der Waals surface area contributed by atoms with Gasteiger partial charge < -0.3 is 4.90 Å². The predicted molar refractivity (Wildman–Crippen MR) is 57.8 cm³/mol. The van der Waals surface area contributed by atoms with E-state index in [9.17, 15) is 0 Å². The van der Waals surface area contributed by atoms with E-state index in [0.717, 1.165) is 17.2 Å². The minimum atomic E-state index is 0.806. The molecule has 1 saturated heterocycles. The van der Waals surface area contributed by atoms with Gasteiger partial charge in [-0.05, 0) is 24.8 Å². The molecule has 0 radical (unpaired) electrons. The molecule has 72 valence electrons. The first kappa shape index (κ1) is 10.5. The second kappa shape index (κ2) is 5.23. The highest BCUT2D eigenvalue weighted by atomic mass is 79.9. The van der Waals surface area contributed by atoms with Crippen LogP contribution in [0.4, 0.5) is 0 Å². The highest BCUT2D eigenvalue weighted by Gasteiger charge is 2.21. The molecule has 0 N–H and O–H groups in total. The summed E-state index contributed by atoms with van der Waals surface area (Å²) in [5, 5.41) is 1.14. The molecule has 1 aliphatic heterocycles. The first-order valence-electron chi connectivity index (χ1n) is 5.04. The number of hydrogen-bond acceptors (Lipinski definition) is 1. The number of halogens is 1. The summed E-state index contributed by atoms with van der Waals surface area (Å²) >= 11 is 3.53. The highest BCUT2D eigenvalue weighted by molar-refractivity contribution is 9.09. The van der Waals surface area contributed by atoms with Gasteiger partial charge in [0, 0.05) is 18.4 Å². The molecule has 0 amide bonds. The van der Waals surface area contributed by atoms with Gasteiger partial charge in [-0.3, -0.25) is 0 Å². The number of rotatable bonds is 4. The zero-order valence-corrected chi connectivity index (χ0v) is 9.81. The third-order valence-corrected chi connectivity index (χ3v) is 3.89. The van der Waals surface area contributed by atoms with Crippen molar-refractivity contribution in [3.8, 4) is 0 Å². The molecule has 1 nitrogen and oxygen atoms in total. The lowest BCUT2D eigenvalue weighted by atomic mass is 10.1. The summed E-state index contributed by atoms with van der Waals surface area (Å²) in [5.41, 5.74) is 0. The summed E-state index contributed by atoms with van der Waals surface area (Å²) in [7, 11) is 0. The van der Waals surface area contributed by atoms with Crippen molar-refractivity contribution in [2.45, 2.75) is 26.7 Å². The first-order valence-corrected chi connectivity index (χ1v) is 6.16. The Hall–Kier alpha value is 0.440. The monoisotopic (exact) mass is 233 g/mol. The molecular weight excluding hydrogens is 214 g/mol. The fourth-order valence-corrected chi connectivity index (χ4v) is 2.11. The maximum Gasteiger partial charge on any atom is 0.00692 e. The minimum Gasteiger partial charge on any atom is -0.303 e. The lowest BCUT2D eigenvalue weighted by molar-refractivity contribution is 0.289. The molecule has 2 atom stereocenters. The van der Waals surface area contributed by atoms with Crippen LogP contribution >= 0.6 is 15.9 Å². The van der Waals surface area contributed by atoms with Gasteiger partial charge in [0.2, 0.25) is 0 Å². The van der Waals surface area contributed by atoms with E-state index in [1.807, 2.05) is 0 Å². The van der Waals surface area contributed by atoms with Crippen molar-refractivity contribution >= 4 is 15.9 Å². The first-order chi connectivity index (χ1) is 5.76. The Labute approximate surface area is 84.6 Å². The zero-order valence-electron chi connectivity index (χ0n) is 8.22. The Bertz CT molecular complexity index is 127.